The zero-order valence-electron chi connectivity index (χ0n) is 31.6. The molecule has 0 aromatic heterocycles. The number of hydrogen-bond donors (Lipinski definition) is 5. The molecule has 4 amide bonds. The number of carbonyl (C=O) groups excluding carboxylic acids is 6. The molecule has 0 radical (unpaired) electrons. The fraction of sp³-hybridized carbons (Fsp3) is 0.463. The van der Waals surface area contributed by atoms with Crippen LogP contribution in [0.5, 0.6) is 5.75 Å². The van der Waals surface area contributed by atoms with Gasteiger partial charge in [-0.1, -0.05) is 54.6 Å². The van der Waals surface area contributed by atoms with Gasteiger partial charge in [-0.2, -0.15) is 11.8 Å². The number of nitrogens with one attached hydrogen (secondary N) is 4. The first-order valence-electron chi connectivity index (χ1n) is 18.4. The Kier molecular flexibility index (Phi) is 15.6. The van der Waals surface area contributed by atoms with Gasteiger partial charge in [0.2, 0.25) is 23.6 Å². The van der Waals surface area contributed by atoms with Crippen LogP contribution >= 0.6 is 11.8 Å². The number of carbonyl (C=O) groups is 6. The number of ketones is 2. The number of thioether (sulfide) groups is 1. The summed E-state index contributed by atoms with van der Waals surface area (Å²) in [6.07, 6.45) is 2.25. The molecular weight excluding hydrogens is 707 g/mol. The first-order valence-corrected chi connectivity index (χ1v) is 19.6. The maximum Gasteiger partial charge on any atom is 0.243 e. The first kappa shape index (κ1) is 42.0. The second-order valence-electron chi connectivity index (χ2n) is 14.2. The Morgan fingerprint density at radius 3 is 2.22 bits per heavy atom. The van der Waals surface area contributed by atoms with Crippen molar-refractivity contribution >= 4 is 57.7 Å². The number of fused-ring (bicyclic) bond motifs is 1. The van der Waals surface area contributed by atoms with Gasteiger partial charge in [-0.3, -0.25) is 28.8 Å². The normalized spacial score (nSPS) is 18.2. The molecule has 1 fully saturated rings. The van der Waals surface area contributed by atoms with Gasteiger partial charge in [0.15, 0.2) is 11.6 Å². The molecule has 1 heterocycles. The Morgan fingerprint density at radius 2 is 1.56 bits per heavy atom. The second-order valence-corrected chi connectivity index (χ2v) is 15.3. The SMILES string of the molecule is COc1ccc(C[C@H](NC(=O)[C@@H]2CSCC[C@H](NC(C)=O)C(=O)C2)C(=O)N[C@@H](Cc2ccc3ccccc3c2)C(=O)N[C@@](C)(CCCCN)C(C)=O)cc1. The van der Waals surface area contributed by atoms with E-state index in [2.05, 4.69) is 21.3 Å². The van der Waals surface area contributed by atoms with Crippen LogP contribution in [-0.4, -0.2) is 84.0 Å². The van der Waals surface area contributed by atoms with Gasteiger partial charge in [0.1, 0.15) is 17.8 Å². The highest BCUT2D eigenvalue weighted by atomic mass is 32.2. The van der Waals surface area contributed by atoms with Crippen LogP contribution in [0.3, 0.4) is 0 Å². The van der Waals surface area contributed by atoms with Crippen LogP contribution in [0, 0.1) is 5.92 Å². The molecule has 0 spiro atoms. The fourth-order valence-corrected chi connectivity index (χ4v) is 7.61. The van der Waals surface area contributed by atoms with Crippen LogP contribution in [0.4, 0.5) is 0 Å². The molecule has 54 heavy (non-hydrogen) atoms. The van der Waals surface area contributed by atoms with Gasteiger partial charge < -0.3 is 31.7 Å². The van der Waals surface area contributed by atoms with E-state index in [1.165, 1.54) is 25.6 Å². The Hall–Kier alpha value is -4.75. The van der Waals surface area contributed by atoms with Crippen molar-refractivity contribution in [3.8, 4) is 5.75 Å². The number of nitrogens with two attached hydrogens (primary N) is 1. The third-order valence-electron chi connectivity index (χ3n) is 9.88. The lowest BCUT2D eigenvalue weighted by molar-refractivity contribution is -0.135. The van der Waals surface area contributed by atoms with E-state index in [4.69, 9.17) is 10.5 Å². The van der Waals surface area contributed by atoms with Gasteiger partial charge in [0.05, 0.1) is 24.6 Å². The number of unbranched alkanes of at least 4 members (excludes halogenated alkanes) is 1. The van der Waals surface area contributed by atoms with Gasteiger partial charge in [-0.15, -0.1) is 0 Å². The van der Waals surface area contributed by atoms with Crippen molar-refractivity contribution in [1.29, 1.82) is 0 Å². The van der Waals surface area contributed by atoms with E-state index in [0.717, 1.165) is 21.9 Å². The molecular formula is C41H53N5O7S. The van der Waals surface area contributed by atoms with Crippen LogP contribution in [0.1, 0.15) is 64.0 Å². The minimum atomic E-state index is -1.19. The molecule has 1 saturated heterocycles. The maximum absolute atomic E-state index is 14.3. The Bertz CT molecular complexity index is 1800. The molecule has 0 aliphatic carbocycles. The van der Waals surface area contributed by atoms with Crippen LogP contribution in [-0.2, 0) is 41.6 Å². The van der Waals surface area contributed by atoms with E-state index < -0.39 is 47.3 Å². The van der Waals surface area contributed by atoms with E-state index in [1.807, 2.05) is 42.5 Å². The number of hydrogen-bond acceptors (Lipinski definition) is 9. The van der Waals surface area contributed by atoms with Crippen molar-refractivity contribution in [2.24, 2.45) is 11.7 Å². The van der Waals surface area contributed by atoms with Crippen LogP contribution in [0.25, 0.3) is 10.8 Å². The van der Waals surface area contributed by atoms with Crippen LogP contribution in [0.2, 0.25) is 0 Å². The summed E-state index contributed by atoms with van der Waals surface area (Å²) in [6, 6.07) is 17.8. The highest BCUT2D eigenvalue weighted by Gasteiger charge is 2.36. The number of amides is 4. The average molecular weight is 760 g/mol. The summed E-state index contributed by atoms with van der Waals surface area (Å²) in [6.45, 7) is 4.91. The zero-order chi connectivity index (χ0) is 39.3. The van der Waals surface area contributed by atoms with E-state index in [0.29, 0.717) is 49.5 Å². The number of benzene rings is 3. The zero-order valence-corrected chi connectivity index (χ0v) is 32.4. The molecule has 290 valence electrons. The standard InChI is InChI=1S/C41H53N5O7S/c1-26(47)41(3,18-7-8-19-42)46-40(52)36(23-29-11-14-30-9-5-6-10-31(30)21-29)45-39(51)35(22-28-12-15-33(53-4)16-13-28)44-38(50)32-24-37(49)34(43-27(2)48)17-20-54-25-32/h5-6,9-16,21,32,34-36H,7-8,17-20,22-25,42H2,1-4H3,(H,43,48)(H,44,50)(H,45,51)(H,46,52)/t32-,34-,35-,36-,41-/m0/s1. The molecule has 1 aliphatic heterocycles. The minimum absolute atomic E-state index is 0.0818. The molecule has 4 rings (SSSR count). The van der Waals surface area contributed by atoms with Crippen LogP contribution in [0.15, 0.2) is 66.7 Å². The van der Waals surface area contributed by atoms with Crippen molar-refractivity contribution in [3.05, 3.63) is 77.9 Å². The maximum atomic E-state index is 14.3. The van der Waals surface area contributed by atoms with Crippen molar-refractivity contribution in [1.82, 2.24) is 21.3 Å². The predicted molar refractivity (Wildman–Crippen MR) is 211 cm³/mol. The Morgan fingerprint density at radius 1 is 0.889 bits per heavy atom. The van der Waals surface area contributed by atoms with Crippen molar-refractivity contribution in [2.45, 2.75) is 89.4 Å². The lowest BCUT2D eigenvalue weighted by Gasteiger charge is -2.31. The van der Waals surface area contributed by atoms with E-state index in [9.17, 15) is 28.8 Å². The molecule has 12 nitrogen and oxygen atoms in total. The molecule has 5 atom stereocenters. The largest absolute Gasteiger partial charge is 0.497 e. The number of ether oxygens (including phenoxy) is 1. The molecule has 0 saturated carbocycles. The quantitative estimate of drug-likeness (QED) is 0.129. The summed E-state index contributed by atoms with van der Waals surface area (Å²) in [4.78, 5) is 80.1. The molecule has 0 bridgehead atoms. The monoisotopic (exact) mass is 759 g/mol. The molecule has 13 heteroatoms. The summed E-state index contributed by atoms with van der Waals surface area (Å²) >= 11 is 1.51. The lowest BCUT2D eigenvalue weighted by Crippen LogP contribution is -2.60. The van der Waals surface area contributed by atoms with Crippen molar-refractivity contribution in [2.75, 3.05) is 25.2 Å². The number of methoxy groups -OCH3 is 1. The van der Waals surface area contributed by atoms with Crippen molar-refractivity contribution < 1.29 is 33.5 Å². The number of Topliss-reactive ketones (excluding diaryl/α,β-unsaturated/α-hetero) is 2. The summed E-state index contributed by atoms with van der Waals surface area (Å²) < 4.78 is 5.30. The van der Waals surface area contributed by atoms with E-state index in [-0.39, 0.29) is 36.7 Å². The third-order valence-corrected chi connectivity index (χ3v) is 11.0. The molecule has 0 unspecified atom stereocenters. The molecule has 3 aromatic rings. The second kappa shape index (κ2) is 20.1. The Balaban J connectivity index is 1.63. The van der Waals surface area contributed by atoms with Crippen molar-refractivity contribution in [3.63, 3.8) is 0 Å². The number of rotatable bonds is 17. The first-order chi connectivity index (χ1) is 25.8. The van der Waals surface area contributed by atoms with E-state index >= 15 is 0 Å². The summed E-state index contributed by atoms with van der Waals surface area (Å²) in [7, 11) is 1.55. The highest BCUT2D eigenvalue weighted by Crippen LogP contribution is 2.22. The fourth-order valence-electron chi connectivity index (χ4n) is 6.49. The smallest absolute Gasteiger partial charge is 0.243 e. The molecule has 1 aliphatic rings. The third kappa shape index (κ3) is 12.1. The average Bonchev–Trinajstić information content (AvgIpc) is 3.14. The Labute approximate surface area is 321 Å². The molecule has 6 N–H and O–H groups in total. The van der Waals surface area contributed by atoms with Gasteiger partial charge in [0, 0.05) is 31.9 Å². The molecule has 3 aromatic carbocycles. The summed E-state index contributed by atoms with van der Waals surface area (Å²) in [5, 5.41) is 13.4. The van der Waals surface area contributed by atoms with Gasteiger partial charge in [-0.25, -0.2) is 0 Å². The van der Waals surface area contributed by atoms with E-state index in [1.54, 1.807) is 38.3 Å². The van der Waals surface area contributed by atoms with Gasteiger partial charge >= 0.3 is 0 Å². The minimum Gasteiger partial charge on any atom is -0.497 e. The van der Waals surface area contributed by atoms with Crippen LogP contribution < -0.4 is 31.7 Å². The topological polar surface area (TPSA) is 186 Å². The van der Waals surface area contributed by atoms with Gasteiger partial charge in [0.25, 0.3) is 0 Å². The summed E-state index contributed by atoms with van der Waals surface area (Å²) in [5.41, 5.74) is 6.03. The predicted octanol–water partition coefficient (Wildman–Crippen LogP) is 3.41. The highest BCUT2D eigenvalue weighted by molar-refractivity contribution is 7.99. The lowest BCUT2D eigenvalue weighted by atomic mass is 9.89. The summed E-state index contributed by atoms with van der Waals surface area (Å²) in [5.74, 6) is -1.59. The van der Waals surface area contributed by atoms with Gasteiger partial charge in [-0.05, 0) is 85.9 Å².